The first-order valence-electron chi connectivity index (χ1n) is 7.01. The lowest BCUT2D eigenvalue weighted by Crippen LogP contribution is -2.30. The van der Waals surface area contributed by atoms with Gasteiger partial charge in [0.15, 0.2) is 0 Å². The molecule has 1 heterocycles. The van der Waals surface area contributed by atoms with Gasteiger partial charge in [0.1, 0.15) is 12.6 Å². The average molecular weight is 285 g/mol. The lowest BCUT2D eigenvalue weighted by atomic mass is 10.2. The zero-order chi connectivity index (χ0) is 15.2. The zero-order valence-corrected chi connectivity index (χ0v) is 12.3. The van der Waals surface area contributed by atoms with Crippen molar-refractivity contribution in [2.75, 3.05) is 0 Å². The van der Waals surface area contributed by atoms with Crippen molar-refractivity contribution in [2.45, 2.75) is 32.9 Å². The maximum atomic E-state index is 12.2. The summed E-state index contributed by atoms with van der Waals surface area (Å²) in [5, 5.41) is 0. The number of carbonyl (C=O) groups is 1. The summed E-state index contributed by atoms with van der Waals surface area (Å²) in [4.78, 5) is 24.2. The van der Waals surface area contributed by atoms with Crippen LogP contribution in [0, 0.1) is 6.92 Å². The first-order valence-corrected chi connectivity index (χ1v) is 7.01. The summed E-state index contributed by atoms with van der Waals surface area (Å²) >= 11 is 0. The van der Waals surface area contributed by atoms with Gasteiger partial charge in [-0.3, -0.25) is 4.79 Å². The van der Waals surface area contributed by atoms with Crippen molar-refractivity contribution in [1.82, 2.24) is 4.57 Å². The Morgan fingerprint density at radius 3 is 2.57 bits per heavy atom. The maximum Gasteiger partial charge on any atom is 0.329 e. The molecule has 0 N–H and O–H groups in total. The molecule has 0 aliphatic heterocycles. The quantitative estimate of drug-likeness (QED) is 0.794. The minimum atomic E-state index is -0.582. The summed E-state index contributed by atoms with van der Waals surface area (Å²) in [6.07, 6.45) is 2.16. The normalized spacial score (nSPS) is 11.9. The van der Waals surface area contributed by atoms with Gasteiger partial charge in [-0.25, -0.2) is 4.79 Å². The molecule has 2 aromatic rings. The minimum Gasteiger partial charge on any atom is -0.459 e. The van der Waals surface area contributed by atoms with Crippen LogP contribution in [-0.4, -0.2) is 10.5 Å². The fraction of sp³-hybridized carbons (Fsp3) is 0.294. The fourth-order valence-electron chi connectivity index (χ4n) is 2.15. The number of aryl methyl sites for hydroxylation is 1. The van der Waals surface area contributed by atoms with Crippen LogP contribution in [0.1, 0.15) is 30.5 Å². The van der Waals surface area contributed by atoms with E-state index >= 15 is 0 Å². The Bertz CT molecular complexity index is 661. The van der Waals surface area contributed by atoms with Crippen LogP contribution < -0.4 is 5.56 Å². The molecule has 1 atom stereocenters. The molecule has 0 aliphatic rings. The number of ether oxygens (including phenoxy) is 1. The number of pyridine rings is 1. The molecule has 0 radical (unpaired) electrons. The topological polar surface area (TPSA) is 48.3 Å². The Balaban J connectivity index is 2.10. The van der Waals surface area contributed by atoms with Crippen LogP contribution in [0.4, 0.5) is 0 Å². The Morgan fingerprint density at radius 1 is 1.24 bits per heavy atom. The predicted octanol–water partition coefficient (Wildman–Crippen LogP) is 2.85. The lowest BCUT2D eigenvalue weighted by Gasteiger charge is -2.17. The molecule has 1 unspecified atom stereocenters. The molecule has 0 aliphatic carbocycles. The second kappa shape index (κ2) is 6.88. The highest BCUT2D eigenvalue weighted by atomic mass is 16.5. The van der Waals surface area contributed by atoms with Crippen LogP contribution in [0.2, 0.25) is 0 Å². The number of esters is 1. The Hall–Kier alpha value is -2.36. The maximum absolute atomic E-state index is 12.2. The van der Waals surface area contributed by atoms with E-state index < -0.39 is 6.04 Å². The van der Waals surface area contributed by atoms with Crippen LogP contribution in [0.15, 0.2) is 53.5 Å². The number of benzene rings is 1. The van der Waals surface area contributed by atoms with Gasteiger partial charge >= 0.3 is 5.97 Å². The number of hydrogen-bond acceptors (Lipinski definition) is 3. The molecule has 0 saturated carbocycles. The van der Waals surface area contributed by atoms with Crippen molar-refractivity contribution in [2.24, 2.45) is 0 Å². The van der Waals surface area contributed by atoms with Crippen LogP contribution >= 0.6 is 0 Å². The van der Waals surface area contributed by atoms with E-state index in [4.69, 9.17) is 4.74 Å². The van der Waals surface area contributed by atoms with E-state index in [1.54, 1.807) is 6.20 Å². The van der Waals surface area contributed by atoms with Crippen LogP contribution in [0.5, 0.6) is 0 Å². The molecule has 4 heteroatoms. The standard InChI is InChI=1S/C17H19NO3/c1-3-15(18-10-9-13(2)11-16(18)19)17(20)21-12-14-7-5-4-6-8-14/h4-11,15H,3,12H2,1-2H3. The summed E-state index contributed by atoms with van der Waals surface area (Å²) in [7, 11) is 0. The Labute approximate surface area is 124 Å². The van der Waals surface area contributed by atoms with Gasteiger partial charge in [0, 0.05) is 12.3 Å². The van der Waals surface area contributed by atoms with Gasteiger partial charge in [-0.2, -0.15) is 0 Å². The largest absolute Gasteiger partial charge is 0.459 e. The highest BCUT2D eigenvalue weighted by molar-refractivity contribution is 5.74. The van der Waals surface area contributed by atoms with Crippen molar-refractivity contribution >= 4 is 5.97 Å². The van der Waals surface area contributed by atoms with E-state index in [-0.39, 0.29) is 18.1 Å². The molecule has 0 fully saturated rings. The summed E-state index contributed by atoms with van der Waals surface area (Å²) < 4.78 is 6.75. The van der Waals surface area contributed by atoms with Crippen molar-refractivity contribution < 1.29 is 9.53 Å². The summed E-state index contributed by atoms with van der Waals surface area (Å²) in [6.45, 7) is 3.93. The lowest BCUT2D eigenvalue weighted by molar-refractivity contribution is -0.149. The second-order valence-corrected chi connectivity index (χ2v) is 4.97. The zero-order valence-electron chi connectivity index (χ0n) is 12.3. The van der Waals surface area contributed by atoms with Gasteiger partial charge in [-0.1, -0.05) is 37.3 Å². The molecule has 1 aromatic heterocycles. The van der Waals surface area contributed by atoms with Gasteiger partial charge in [-0.15, -0.1) is 0 Å². The second-order valence-electron chi connectivity index (χ2n) is 4.97. The average Bonchev–Trinajstić information content (AvgIpc) is 2.49. The number of rotatable bonds is 5. The van der Waals surface area contributed by atoms with Crippen LogP contribution in [0.3, 0.4) is 0 Å². The van der Waals surface area contributed by atoms with E-state index in [0.717, 1.165) is 11.1 Å². The monoisotopic (exact) mass is 285 g/mol. The first-order chi connectivity index (χ1) is 10.1. The van der Waals surface area contributed by atoms with Crippen LogP contribution in [-0.2, 0) is 16.1 Å². The molecular weight excluding hydrogens is 266 g/mol. The number of hydrogen-bond donors (Lipinski definition) is 0. The molecular formula is C17H19NO3. The Morgan fingerprint density at radius 2 is 1.95 bits per heavy atom. The van der Waals surface area contributed by atoms with E-state index in [2.05, 4.69) is 0 Å². The smallest absolute Gasteiger partial charge is 0.329 e. The molecule has 0 bridgehead atoms. The van der Waals surface area contributed by atoms with Gasteiger partial charge in [0.2, 0.25) is 0 Å². The molecule has 21 heavy (non-hydrogen) atoms. The highest BCUT2D eigenvalue weighted by Gasteiger charge is 2.20. The fourth-order valence-corrected chi connectivity index (χ4v) is 2.15. The van der Waals surface area contributed by atoms with Gasteiger partial charge < -0.3 is 9.30 Å². The van der Waals surface area contributed by atoms with E-state index in [0.29, 0.717) is 6.42 Å². The number of aromatic nitrogens is 1. The summed E-state index contributed by atoms with van der Waals surface area (Å²) in [5.74, 6) is -0.382. The Kier molecular flexibility index (Phi) is 4.93. The highest BCUT2D eigenvalue weighted by Crippen LogP contribution is 2.13. The molecule has 0 spiro atoms. The van der Waals surface area contributed by atoms with E-state index in [1.807, 2.05) is 50.2 Å². The molecule has 1 aromatic carbocycles. The summed E-state index contributed by atoms with van der Waals surface area (Å²) in [5.41, 5.74) is 1.62. The third-order valence-corrected chi connectivity index (χ3v) is 3.32. The SMILES string of the molecule is CCC(C(=O)OCc1ccccc1)n1ccc(C)cc1=O. The van der Waals surface area contributed by atoms with Gasteiger partial charge in [-0.05, 0) is 30.5 Å². The van der Waals surface area contributed by atoms with Crippen LogP contribution in [0.25, 0.3) is 0 Å². The van der Waals surface area contributed by atoms with Crippen molar-refractivity contribution in [3.63, 3.8) is 0 Å². The van der Waals surface area contributed by atoms with Crippen molar-refractivity contribution in [3.8, 4) is 0 Å². The molecule has 110 valence electrons. The van der Waals surface area contributed by atoms with Crippen molar-refractivity contribution in [1.29, 1.82) is 0 Å². The molecule has 4 nitrogen and oxygen atoms in total. The number of nitrogens with zero attached hydrogens (tertiary/aromatic N) is 1. The first kappa shape index (κ1) is 15.0. The van der Waals surface area contributed by atoms with Crippen molar-refractivity contribution in [3.05, 3.63) is 70.1 Å². The van der Waals surface area contributed by atoms with Gasteiger partial charge in [0.25, 0.3) is 5.56 Å². The predicted molar refractivity (Wildman–Crippen MR) is 81.0 cm³/mol. The molecule has 2 rings (SSSR count). The molecule has 0 amide bonds. The molecule has 0 saturated heterocycles. The third-order valence-electron chi connectivity index (χ3n) is 3.32. The van der Waals surface area contributed by atoms with E-state index in [9.17, 15) is 9.59 Å². The summed E-state index contributed by atoms with van der Waals surface area (Å²) in [6, 6.07) is 12.2. The third kappa shape index (κ3) is 3.81. The minimum absolute atomic E-state index is 0.182. The van der Waals surface area contributed by atoms with E-state index in [1.165, 1.54) is 10.6 Å². The number of carbonyl (C=O) groups excluding carboxylic acids is 1. The van der Waals surface area contributed by atoms with Gasteiger partial charge in [0.05, 0.1) is 0 Å².